The van der Waals surface area contributed by atoms with Crippen molar-refractivity contribution in [2.24, 2.45) is 4.99 Å². The quantitative estimate of drug-likeness (QED) is 0.0960. The van der Waals surface area contributed by atoms with Gasteiger partial charge in [0.25, 0.3) is 0 Å². The van der Waals surface area contributed by atoms with Crippen LogP contribution in [0.3, 0.4) is 0 Å². The number of rotatable bonds is 14. The van der Waals surface area contributed by atoms with Gasteiger partial charge in [0.1, 0.15) is 8.75 Å². The molecule has 1 aliphatic carbocycles. The number of halogens is 2. The molecule has 0 atom stereocenters. The normalized spacial score (nSPS) is 17.3. The van der Waals surface area contributed by atoms with E-state index in [1.54, 1.807) is 0 Å². The van der Waals surface area contributed by atoms with Gasteiger partial charge in [0, 0.05) is 60.6 Å². The average molecular weight is 947 g/mol. The van der Waals surface area contributed by atoms with Gasteiger partial charge in [-0.3, -0.25) is 15.8 Å². The van der Waals surface area contributed by atoms with Gasteiger partial charge in [0.15, 0.2) is 0 Å². The van der Waals surface area contributed by atoms with Crippen molar-refractivity contribution in [3.8, 4) is 0 Å². The number of aliphatic imine (C=N–C) groups is 1. The molecule has 1 heterocycles. The molecule has 9 heteroatoms. The maximum absolute atomic E-state index is 9.22. The van der Waals surface area contributed by atoms with Crippen molar-refractivity contribution >= 4 is 87.3 Å². The van der Waals surface area contributed by atoms with E-state index in [1.165, 1.54) is 80.1 Å². The number of allylic oxidation sites excluding steroid dienone is 7. The molecule has 0 radical (unpaired) electrons. The van der Waals surface area contributed by atoms with Crippen LogP contribution in [0, 0.1) is 17.7 Å². The second kappa shape index (κ2) is 21.1. The number of hydrogen-bond acceptors (Lipinski definition) is 7. The minimum atomic E-state index is -0.300. The van der Waals surface area contributed by atoms with E-state index in [4.69, 9.17) is 10.4 Å². The standard InChI is InChI=1S/C48H58Br2N4S3/c1-8-10-28-53-42(47(4,5)37-16-13-17-38(49)30-37)26-22-35-14-12-15-36(44(35)56-46(52)57-45(51)55-32-34-20-18-33(3)19-21-34)23-27-43-48(6,7)40-31-39(50)24-25-41(40)54(43)29-11-9-2/h13,16-27,30-31,51-52H,8-12,14-15,28-29,32H2,1-7H3/b26-22+,36-23+,43-27+,51-45?,52-46?,53-42+. The Morgan fingerprint density at radius 2 is 1.65 bits per heavy atom. The summed E-state index contributed by atoms with van der Waals surface area (Å²) in [6, 6.07) is 23.8. The fourth-order valence-electron chi connectivity index (χ4n) is 7.32. The topological polar surface area (TPSA) is 63.3 Å². The predicted molar refractivity (Wildman–Crippen MR) is 263 cm³/mol. The largest absolute Gasteiger partial charge is 0.344 e. The molecule has 2 aliphatic rings. The van der Waals surface area contributed by atoms with Gasteiger partial charge in [-0.1, -0.05) is 164 Å². The molecule has 3 aromatic carbocycles. The first-order valence-corrected chi connectivity index (χ1v) is 24.4. The maximum atomic E-state index is 9.22. The monoisotopic (exact) mass is 944 g/mol. The highest BCUT2D eigenvalue weighted by atomic mass is 79.9. The number of fused-ring (bicyclic) bond motifs is 1. The number of anilines is 1. The fourth-order valence-corrected chi connectivity index (χ4v) is 11.0. The molecule has 0 saturated carbocycles. The van der Waals surface area contributed by atoms with Gasteiger partial charge in [-0.15, -0.1) is 0 Å². The summed E-state index contributed by atoms with van der Waals surface area (Å²) in [5, 5.41) is 18.0. The molecule has 0 spiro atoms. The second-order valence-corrected chi connectivity index (χ2v) is 21.3. The van der Waals surface area contributed by atoms with Crippen LogP contribution in [0.5, 0.6) is 0 Å². The first-order chi connectivity index (χ1) is 27.2. The van der Waals surface area contributed by atoms with Crippen molar-refractivity contribution in [3.05, 3.63) is 144 Å². The van der Waals surface area contributed by atoms with Crippen LogP contribution in [0.25, 0.3) is 0 Å². The Labute approximate surface area is 372 Å². The first kappa shape index (κ1) is 45.5. The summed E-state index contributed by atoms with van der Waals surface area (Å²) >= 11 is 11.7. The molecule has 57 heavy (non-hydrogen) atoms. The zero-order chi connectivity index (χ0) is 41.2. The number of thioether (sulfide) groups is 3. The Morgan fingerprint density at radius 1 is 0.912 bits per heavy atom. The molecular weight excluding hydrogens is 889 g/mol. The maximum Gasteiger partial charge on any atom is 0.133 e. The van der Waals surface area contributed by atoms with Crippen molar-refractivity contribution in [3.63, 3.8) is 0 Å². The highest BCUT2D eigenvalue weighted by Crippen LogP contribution is 2.49. The summed E-state index contributed by atoms with van der Waals surface area (Å²) in [5.74, 6) is 0.719. The Hall–Kier alpha value is -2.56. The molecule has 5 rings (SSSR count). The molecule has 3 aromatic rings. The molecule has 2 N–H and O–H groups in total. The van der Waals surface area contributed by atoms with E-state index >= 15 is 0 Å². The van der Waals surface area contributed by atoms with E-state index in [9.17, 15) is 5.41 Å². The summed E-state index contributed by atoms with van der Waals surface area (Å²) in [7, 11) is 0. The van der Waals surface area contributed by atoms with E-state index in [2.05, 4.69) is 176 Å². The van der Waals surface area contributed by atoms with Crippen LogP contribution in [0.2, 0.25) is 0 Å². The van der Waals surface area contributed by atoms with Crippen molar-refractivity contribution in [2.75, 3.05) is 18.0 Å². The van der Waals surface area contributed by atoms with Crippen LogP contribution in [-0.2, 0) is 16.6 Å². The second-order valence-electron chi connectivity index (χ2n) is 15.9. The van der Waals surface area contributed by atoms with Crippen molar-refractivity contribution in [2.45, 2.75) is 110 Å². The van der Waals surface area contributed by atoms with Gasteiger partial charge in [0.05, 0.1) is 0 Å². The fraction of sp³-hybridized carbons (Fsp3) is 0.396. The van der Waals surface area contributed by atoms with Gasteiger partial charge in [-0.05, 0) is 121 Å². The number of nitrogens with one attached hydrogen (secondary N) is 2. The molecule has 0 unspecified atom stereocenters. The summed E-state index contributed by atoms with van der Waals surface area (Å²) in [6.45, 7) is 17.5. The molecule has 0 fully saturated rings. The lowest BCUT2D eigenvalue weighted by Crippen LogP contribution is -2.28. The molecular formula is C48H58Br2N4S3. The summed E-state index contributed by atoms with van der Waals surface area (Å²) in [5.41, 5.74) is 10.7. The molecule has 0 amide bonds. The van der Waals surface area contributed by atoms with Gasteiger partial charge < -0.3 is 4.90 Å². The average Bonchev–Trinajstić information content (AvgIpc) is 3.38. The number of hydrogen-bond donors (Lipinski definition) is 2. The predicted octanol–water partition coefficient (Wildman–Crippen LogP) is 15.7. The third kappa shape index (κ3) is 12.0. The van der Waals surface area contributed by atoms with E-state index in [0.717, 1.165) is 83.4 Å². The molecule has 302 valence electrons. The summed E-state index contributed by atoms with van der Waals surface area (Å²) < 4.78 is 3.04. The van der Waals surface area contributed by atoms with Crippen molar-refractivity contribution < 1.29 is 0 Å². The minimum Gasteiger partial charge on any atom is -0.344 e. The minimum absolute atomic E-state index is 0.160. The van der Waals surface area contributed by atoms with Crippen LogP contribution in [0.1, 0.15) is 109 Å². The molecule has 1 aliphatic heterocycles. The zero-order valence-electron chi connectivity index (χ0n) is 34.6. The highest BCUT2D eigenvalue weighted by molar-refractivity contribution is 9.10. The smallest absolute Gasteiger partial charge is 0.133 e. The third-order valence-corrected chi connectivity index (χ3v) is 14.9. The van der Waals surface area contributed by atoms with Crippen molar-refractivity contribution in [1.82, 2.24) is 0 Å². The molecule has 0 aromatic heterocycles. The lowest BCUT2D eigenvalue weighted by atomic mass is 9.79. The van der Waals surface area contributed by atoms with Gasteiger partial charge >= 0.3 is 0 Å². The summed E-state index contributed by atoms with van der Waals surface area (Å²) in [4.78, 5) is 8.86. The van der Waals surface area contributed by atoms with E-state index in [0.29, 0.717) is 8.75 Å². The van der Waals surface area contributed by atoms with Gasteiger partial charge in [0.2, 0.25) is 0 Å². The Balaban J connectivity index is 1.53. The number of aryl methyl sites for hydroxylation is 1. The number of benzene rings is 3. The van der Waals surface area contributed by atoms with Crippen LogP contribution in [0.4, 0.5) is 5.69 Å². The van der Waals surface area contributed by atoms with Gasteiger partial charge in [-0.25, -0.2) is 0 Å². The molecule has 0 bridgehead atoms. The first-order valence-electron chi connectivity index (χ1n) is 20.2. The number of unbranched alkanes of at least 4 members (excludes halogenated alkanes) is 2. The van der Waals surface area contributed by atoms with Crippen LogP contribution in [-0.4, -0.2) is 27.6 Å². The van der Waals surface area contributed by atoms with E-state index < -0.39 is 0 Å². The van der Waals surface area contributed by atoms with Crippen LogP contribution in [0.15, 0.2) is 127 Å². The van der Waals surface area contributed by atoms with E-state index in [-0.39, 0.29) is 10.8 Å². The SMILES string of the molecule is CCCC/N=C(\C=C\C1=C(SC(=N)SC(=N)SCc2ccc(C)cc2)C(=C/C=C2/N(CCCC)c3ccc(Br)cc3C2(C)C)/CCC1)C(C)(C)c1cccc(Br)c1. The zero-order valence-corrected chi connectivity index (χ0v) is 40.2. The van der Waals surface area contributed by atoms with Crippen LogP contribution < -0.4 is 4.90 Å². The Morgan fingerprint density at radius 3 is 2.37 bits per heavy atom. The highest BCUT2D eigenvalue weighted by Gasteiger charge is 2.39. The van der Waals surface area contributed by atoms with Crippen LogP contribution >= 0.6 is 67.1 Å². The van der Waals surface area contributed by atoms with E-state index in [1.807, 2.05) is 0 Å². The number of nitrogens with zero attached hydrogens (tertiary/aromatic N) is 2. The Bertz CT molecular complexity index is 2070. The molecule has 0 saturated heterocycles. The molecule has 4 nitrogen and oxygen atoms in total. The lowest BCUT2D eigenvalue weighted by molar-refractivity contribution is 0.624. The lowest BCUT2D eigenvalue weighted by Gasteiger charge is -2.28. The van der Waals surface area contributed by atoms with Crippen molar-refractivity contribution in [1.29, 1.82) is 10.8 Å². The van der Waals surface area contributed by atoms with Gasteiger partial charge in [-0.2, -0.15) is 0 Å². The summed E-state index contributed by atoms with van der Waals surface area (Å²) in [6.07, 6.45) is 16.5. The third-order valence-electron chi connectivity index (χ3n) is 10.8. The Kier molecular flexibility index (Phi) is 16.9.